The zero-order chi connectivity index (χ0) is 18.1. The number of alkyl halides is 1. The van der Waals surface area contributed by atoms with Gasteiger partial charge in [-0.05, 0) is 37.5 Å². The first-order valence-corrected chi connectivity index (χ1v) is 9.14. The molecule has 1 heterocycles. The van der Waals surface area contributed by atoms with E-state index in [0.717, 1.165) is 24.2 Å². The number of ether oxygens (including phenoxy) is 2. The molecular weight excluding hydrogens is 344 g/mol. The Bertz CT molecular complexity index is 557. The first-order chi connectivity index (χ1) is 12.1. The molecule has 1 aliphatic rings. The van der Waals surface area contributed by atoms with Crippen LogP contribution in [0.1, 0.15) is 25.3 Å². The van der Waals surface area contributed by atoms with Gasteiger partial charge in [0.1, 0.15) is 12.4 Å². The zero-order valence-corrected chi connectivity index (χ0v) is 15.3. The monoisotopic (exact) mass is 368 g/mol. The van der Waals surface area contributed by atoms with Gasteiger partial charge >= 0.3 is 6.09 Å². The largest absolute Gasteiger partial charge is 0.494 e. The second-order valence-corrected chi connectivity index (χ2v) is 6.26. The molecule has 1 saturated heterocycles. The van der Waals surface area contributed by atoms with Crippen LogP contribution in [0, 0.1) is 0 Å². The van der Waals surface area contributed by atoms with Gasteiger partial charge in [0, 0.05) is 19.1 Å². The lowest BCUT2D eigenvalue weighted by Crippen LogP contribution is -2.47. The van der Waals surface area contributed by atoms with Crippen molar-refractivity contribution in [2.75, 3.05) is 32.2 Å². The molecule has 0 atom stereocenters. The fraction of sp³-hybridized carbons (Fsp3) is 0.556. The third kappa shape index (κ3) is 6.46. The Morgan fingerprint density at radius 3 is 2.52 bits per heavy atom. The third-order valence-corrected chi connectivity index (χ3v) is 4.22. The number of hydrogen-bond donors (Lipinski definition) is 1. The molecule has 2 amide bonds. The summed E-state index contributed by atoms with van der Waals surface area (Å²) < 4.78 is 10.3. The highest BCUT2D eigenvalue weighted by atomic mass is 35.5. The number of benzene rings is 1. The predicted molar refractivity (Wildman–Crippen MR) is 96.1 cm³/mol. The van der Waals surface area contributed by atoms with Gasteiger partial charge in [-0.2, -0.15) is 0 Å². The number of amides is 2. The highest BCUT2D eigenvalue weighted by Gasteiger charge is 2.24. The SMILES string of the molecule is CCOc1ccc(CC(=O)N2CCC(NC(=O)OCCCl)CC2)cc1. The van der Waals surface area contributed by atoms with E-state index in [9.17, 15) is 9.59 Å². The highest BCUT2D eigenvalue weighted by molar-refractivity contribution is 6.18. The Kier molecular flexibility index (Phi) is 7.85. The second-order valence-electron chi connectivity index (χ2n) is 5.88. The minimum Gasteiger partial charge on any atom is -0.494 e. The lowest BCUT2D eigenvalue weighted by Gasteiger charge is -2.32. The summed E-state index contributed by atoms with van der Waals surface area (Å²) in [6.07, 6.45) is 1.39. The lowest BCUT2D eigenvalue weighted by atomic mass is 10.0. The topological polar surface area (TPSA) is 67.9 Å². The van der Waals surface area contributed by atoms with E-state index in [1.54, 1.807) is 0 Å². The molecule has 2 rings (SSSR count). The van der Waals surface area contributed by atoms with Gasteiger partial charge in [0.05, 0.1) is 18.9 Å². The zero-order valence-electron chi connectivity index (χ0n) is 14.5. The quantitative estimate of drug-likeness (QED) is 0.751. The van der Waals surface area contributed by atoms with Gasteiger partial charge < -0.3 is 19.7 Å². The van der Waals surface area contributed by atoms with Crippen LogP contribution in [0.2, 0.25) is 0 Å². The molecule has 7 heteroatoms. The van der Waals surface area contributed by atoms with Gasteiger partial charge in [0.2, 0.25) is 5.91 Å². The van der Waals surface area contributed by atoms with Gasteiger partial charge in [-0.1, -0.05) is 12.1 Å². The number of halogens is 1. The number of nitrogens with one attached hydrogen (secondary N) is 1. The number of nitrogens with zero attached hydrogens (tertiary/aromatic N) is 1. The van der Waals surface area contributed by atoms with Crippen LogP contribution in [-0.4, -0.2) is 55.1 Å². The molecule has 0 saturated carbocycles. The number of alkyl carbamates (subject to hydrolysis) is 1. The Morgan fingerprint density at radius 2 is 1.92 bits per heavy atom. The van der Waals surface area contributed by atoms with E-state index in [1.807, 2.05) is 36.1 Å². The van der Waals surface area contributed by atoms with E-state index in [2.05, 4.69) is 5.32 Å². The Hall–Kier alpha value is -1.95. The number of likely N-dealkylation sites (tertiary alicyclic amines) is 1. The molecule has 1 fully saturated rings. The molecule has 0 aromatic heterocycles. The summed E-state index contributed by atoms with van der Waals surface area (Å²) in [7, 11) is 0. The van der Waals surface area contributed by atoms with Crippen LogP contribution in [-0.2, 0) is 16.0 Å². The van der Waals surface area contributed by atoms with Crippen molar-refractivity contribution >= 4 is 23.6 Å². The van der Waals surface area contributed by atoms with Crippen LogP contribution in [0.25, 0.3) is 0 Å². The molecule has 0 aliphatic carbocycles. The average Bonchev–Trinajstić information content (AvgIpc) is 2.62. The van der Waals surface area contributed by atoms with Gasteiger partial charge in [-0.15, -0.1) is 11.6 Å². The lowest BCUT2D eigenvalue weighted by molar-refractivity contribution is -0.131. The molecule has 1 aliphatic heterocycles. The van der Waals surface area contributed by atoms with E-state index < -0.39 is 6.09 Å². The van der Waals surface area contributed by atoms with E-state index in [1.165, 1.54) is 0 Å². The van der Waals surface area contributed by atoms with E-state index >= 15 is 0 Å². The Balaban J connectivity index is 1.74. The Labute approximate surface area is 153 Å². The first kappa shape index (κ1) is 19.4. The van der Waals surface area contributed by atoms with Crippen molar-refractivity contribution in [2.24, 2.45) is 0 Å². The summed E-state index contributed by atoms with van der Waals surface area (Å²) in [4.78, 5) is 25.8. The molecule has 138 valence electrons. The van der Waals surface area contributed by atoms with Crippen molar-refractivity contribution in [3.8, 4) is 5.75 Å². The van der Waals surface area contributed by atoms with Crippen LogP contribution in [0.5, 0.6) is 5.75 Å². The maximum Gasteiger partial charge on any atom is 0.407 e. The summed E-state index contributed by atoms with van der Waals surface area (Å²) in [5.41, 5.74) is 0.971. The molecule has 0 unspecified atom stereocenters. The fourth-order valence-corrected chi connectivity index (χ4v) is 2.85. The minimum atomic E-state index is -0.445. The summed E-state index contributed by atoms with van der Waals surface area (Å²) in [6, 6.07) is 7.65. The first-order valence-electron chi connectivity index (χ1n) is 8.61. The normalized spacial score (nSPS) is 14.9. The molecule has 1 aromatic rings. The van der Waals surface area contributed by atoms with Gasteiger partial charge in [0.15, 0.2) is 0 Å². The van der Waals surface area contributed by atoms with Gasteiger partial charge in [0.25, 0.3) is 0 Å². The predicted octanol–water partition coefficient (Wildman–Crippen LogP) is 2.58. The van der Waals surface area contributed by atoms with Crippen LogP contribution in [0.15, 0.2) is 24.3 Å². The van der Waals surface area contributed by atoms with Crippen molar-refractivity contribution in [3.63, 3.8) is 0 Å². The maximum absolute atomic E-state index is 12.4. The molecular formula is C18H25ClN2O4. The summed E-state index contributed by atoms with van der Waals surface area (Å²) in [6.45, 7) is 4.04. The number of piperidine rings is 1. The van der Waals surface area contributed by atoms with Gasteiger partial charge in [-0.25, -0.2) is 4.79 Å². The van der Waals surface area contributed by atoms with Crippen LogP contribution in [0.3, 0.4) is 0 Å². The molecule has 1 aromatic carbocycles. The Morgan fingerprint density at radius 1 is 1.24 bits per heavy atom. The number of rotatable bonds is 7. The smallest absolute Gasteiger partial charge is 0.407 e. The fourth-order valence-electron chi connectivity index (χ4n) is 2.77. The van der Waals surface area contributed by atoms with Gasteiger partial charge in [-0.3, -0.25) is 4.79 Å². The highest BCUT2D eigenvalue weighted by Crippen LogP contribution is 2.15. The molecule has 0 bridgehead atoms. The van der Waals surface area contributed by atoms with Crippen molar-refractivity contribution in [3.05, 3.63) is 29.8 Å². The van der Waals surface area contributed by atoms with Crippen LogP contribution < -0.4 is 10.1 Å². The van der Waals surface area contributed by atoms with Crippen molar-refractivity contribution in [1.29, 1.82) is 0 Å². The van der Waals surface area contributed by atoms with E-state index in [-0.39, 0.29) is 24.4 Å². The molecule has 1 N–H and O–H groups in total. The molecule has 25 heavy (non-hydrogen) atoms. The standard InChI is InChI=1S/C18H25ClN2O4/c1-2-24-16-5-3-14(4-6-16)13-17(22)21-10-7-15(8-11-21)20-18(23)25-12-9-19/h3-6,15H,2,7-13H2,1H3,(H,20,23). The minimum absolute atomic E-state index is 0.0392. The second kappa shape index (κ2) is 10.1. The summed E-state index contributed by atoms with van der Waals surface area (Å²) in [5, 5.41) is 2.81. The van der Waals surface area contributed by atoms with Crippen LogP contribution in [0.4, 0.5) is 4.79 Å². The van der Waals surface area contributed by atoms with Crippen molar-refractivity contribution < 1.29 is 19.1 Å². The number of carbonyl (C=O) groups excluding carboxylic acids is 2. The molecule has 0 radical (unpaired) electrons. The summed E-state index contributed by atoms with van der Waals surface area (Å²) >= 11 is 5.48. The van der Waals surface area contributed by atoms with E-state index in [4.69, 9.17) is 21.1 Å². The summed E-state index contributed by atoms with van der Waals surface area (Å²) in [5.74, 6) is 1.20. The van der Waals surface area contributed by atoms with E-state index in [0.29, 0.717) is 26.1 Å². The number of hydrogen-bond acceptors (Lipinski definition) is 4. The number of carbonyl (C=O) groups is 2. The average molecular weight is 369 g/mol. The van der Waals surface area contributed by atoms with Crippen LogP contribution >= 0.6 is 11.6 Å². The van der Waals surface area contributed by atoms with Crippen molar-refractivity contribution in [1.82, 2.24) is 10.2 Å². The third-order valence-electron chi connectivity index (χ3n) is 4.07. The van der Waals surface area contributed by atoms with Crippen molar-refractivity contribution in [2.45, 2.75) is 32.2 Å². The molecule has 6 nitrogen and oxygen atoms in total. The maximum atomic E-state index is 12.4. The molecule has 0 spiro atoms.